The fraction of sp³-hybridized carbons (Fsp3) is 0.0500. The van der Waals surface area contributed by atoms with Gasteiger partial charge in [-0.1, -0.05) is 42.1 Å². The molecule has 0 unspecified atom stereocenters. The van der Waals surface area contributed by atoms with Crippen molar-refractivity contribution in [1.29, 1.82) is 5.26 Å². The molecule has 0 aliphatic rings. The third kappa shape index (κ3) is 4.20. The molecule has 1 heterocycles. The topological polar surface area (TPSA) is 67.2 Å². The van der Waals surface area contributed by atoms with Gasteiger partial charge in [0.1, 0.15) is 6.07 Å². The van der Waals surface area contributed by atoms with Gasteiger partial charge in [-0.05, 0) is 35.7 Å². The van der Waals surface area contributed by atoms with Gasteiger partial charge in [-0.15, -0.1) is 11.3 Å². The molecule has 0 amide bonds. The highest BCUT2D eigenvalue weighted by atomic mass is 32.2. The molecule has 0 aliphatic carbocycles. The summed E-state index contributed by atoms with van der Waals surface area (Å²) < 4.78 is 5.19. The van der Waals surface area contributed by atoms with Crippen molar-refractivity contribution in [3.8, 4) is 6.07 Å². The molecule has 0 bridgehead atoms. The van der Waals surface area contributed by atoms with E-state index in [0.717, 1.165) is 4.90 Å². The van der Waals surface area contributed by atoms with E-state index in [1.165, 1.54) is 23.1 Å². The van der Waals surface area contributed by atoms with Crippen molar-refractivity contribution in [1.82, 2.24) is 0 Å². The first-order valence-electron chi connectivity index (χ1n) is 7.69. The minimum atomic E-state index is -0.563. The van der Waals surface area contributed by atoms with Crippen LogP contribution < -0.4 is 0 Å². The van der Waals surface area contributed by atoms with Crippen LogP contribution in [0.2, 0.25) is 0 Å². The van der Waals surface area contributed by atoms with Crippen molar-refractivity contribution in [3.05, 3.63) is 82.0 Å². The number of thiophene rings is 1. The van der Waals surface area contributed by atoms with E-state index in [2.05, 4.69) is 6.07 Å². The molecule has 128 valence electrons. The molecule has 3 aromatic rings. The van der Waals surface area contributed by atoms with E-state index in [1.807, 2.05) is 18.2 Å². The average molecular weight is 379 g/mol. The summed E-state index contributed by atoms with van der Waals surface area (Å²) in [5, 5.41) is 11.0. The molecule has 0 N–H and O–H groups in total. The van der Waals surface area contributed by atoms with Gasteiger partial charge in [-0.25, -0.2) is 4.79 Å². The van der Waals surface area contributed by atoms with Gasteiger partial charge in [-0.3, -0.25) is 4.79 Å². The fourth-order valence-corrected chi connectivity index (χ4v) is 3.87. The normalized spacial score (nSPS) is 10.1. The average Bonchev–Trinajstić information content (AvgIpc) is 3.21. The van der Waals surface area contributed by atoms with E-state index < -0.39 is 5.97 Å². The lowest BCUT2D eigenvalue weighted by Crippen LogP contribution is -2.14. The summed E-state index contributed by atoms with van der Waals surface area (Å²) >= 11 is 2.63. The predicted molar refractivity (Wildman–Crippen MR) is 101 cm³/mol. The molecule has 6 heteroatoms. The SMILES string of the molecule is N#Cc1ccccc1Sc1ccccc1C(=O)OCC(=O)c1cccs1. The zero-order valence-corrected chi connectivity index (χ0v) is 15.2. The third-order valence-electron chi connectivity index (χ3n) is 3.46. The van der Waals surface area contributed by atoms with Crippen LogP contribution in [0.5, 0.6) is 0 Å². The third-order valence-corrected chi connectivity index (χ3v) is 5.53. The molecule has 0 saturated heterocycles. The number of carbonyl (C=O) groups is 2. The van der Waals surface area contributed by atoms with E-state index in [0.29, 0.717) is 20.9 Å². The Labute approximate surface area is 159 Å². The maximum atomic E-state index is 12.4. The lowest BCUT2D eigenvalue weighted by molar-refractivity contribution is 0.0472. The van der Waals surface area contributed by atoms with Gasteiger partial charge in [0, 0.05) is 9.79 Å². The zero-order valence-electron chi connectivity index (χ0n) is 13.5. The molecule has 0 radical (unpaired) electrons. The summed E-state index contributed by atoms with van der Waals surface area (Å²) in [6.07, 6.45) is 0. The maximum absolute atomic E-state index is 12.4. The first-order valence-corrected chi connectivity index (χ1v) is 9.38. The number of nitrogens with zero attached hydrogens (tertiary/aromatic N) is 1. The van der Waals surface area contributed by atoms with Crippen molar-refractivity contribution >= 4 is 34.9 Å². The second kappa shape index (κ2) is 8.48. The van der Waals surface area contributed by atoms with Crippen molar-refractivity contribution < 1.29 is 14.3 Å². The number of esters is 1. The summed E-state index contributed by atoms with van der Waals surface area (Å²) in [6, 6.07) is 19.8. The fourth-order valence-electron chi connectivity index (χ4n) is 2.21. The monoisotopic (exact) mass is 379 g/mol. The van der Waals surface area contributed by atoms with Crippen LogP contribution in [0.4, 0.5) is 0 Å². The number of benzene rings is 2. The molecule has 2 aromatic carbocycles. The summed E-state index contributed by atoms with van der Waals surface area (Å²) in [7, 11) is 0. The summed E-state index contributed by atoms with van der Waals surface area (Å²) in [5.74, 6) is -0.791. The molecule has 0 saturated carbocycles. The van der Waals surface area contributed by atoms with Crippen LogP contribution in [0, 0.1) is 11.3 Å². The van der Waals surface area contributed by atoms with E-state index >= 15 is 0 Å². The lowest BCUT2D eigenvalue weighted by atomic mass is 10.2. The number of carbonyl (C=O) groups excluding carboxylic acids is 2. The highest BCUT2D eigenvalue weighted by Crippen LogP contribution is 2.32. The standard InChI is InChI=1S/C20H13NO3S2/c21-12-14-6-1-3-8-17(14)26-18-9-4-2-7-15(18)20(23)24-13-16(22)19-10-5-11-25-19/h1-11H,13H2. The molecule has 0 atom stereocenters. The van der Waals surface area contributed by atoms with Crippen LogP contribution >= 0.6 is 23.1 Å². The number of Topliss-reactive ketones (excluding diaryl/α,β-unsaturated/α-hetero) is 1. The Kier molecular flexibility index (Phi) is 5.84. The van der Waals surface area contributed by atoms with Gasteiger partial charge in [0.2, 0.25) is 5.78 Å². The minimum Gasteiger partial charge on any atom is -0.454 e. The van der Waals surface area contributed by atoms with E-state index in [4.69, 9.17) is 4.74 Å². The van der Waals surface area contributed by atoms with Crippen LogP contribution in [0.25, 0.3) is 0 Å². The van der Waals surface area contributed by atoms with Crippen LogP contribution in [-0.4, -0.2) is 18.4 Å². The minimum absolute atomic E-state index is 0.228. The van der Waals surface area contributed by atoms with E-state index in [1.54, 1.807) is 47.8 Å². The summed E-state index contributed by atoms with van der Waals surface area (Å²) in [5.41, 5.74) is 0.901. The van der Waals surface area contributed by atoms with Gasteiger partial charge in [-0.2, -0.15) is 5.26 Å². The van der Waals surface area contributed by atoms with E-state index in [9.17, 15) is 14.9 Å². The molecular weight excluding hydrogens is 366 g/mol. The van der Waals surface area contributed by atoms with Gasteiger partial charge in [0.05, 0.1) is 16.0 Å². The van der Waals surface area contributed by atoms with Crippen molar-refractivity contribution in [2.45, 2.75) is 9.79 Å². The van der Waals surface area contributed by atoms with Crippen LogP contribution in [0.3, 0.4) is 0 Å². The molecule has 0 aliphatic heterocycles. The van der Waals surface area contributed by atoms with Crippen LogP contribution in [-0.2, 0) is 4.74 Å². The largest absolute Gasteiger partial charge is 0.454 e. The van der Waals surface area contributed by atoms with Gasteiger partial charge >= 0.3 is 5.97 Å². The second-order valence-corrected chi connectivity index (χ2v) is 7.21. The summed E-state index contributed by atoms with van der Waals surface area (Å²) in [4.78, 5) is 26.4. The Morgan fingerprint density at radius 1 is 1.00 bits per heavy atom. The molecule has 3 rings (SSSR count). The van der Waals surface area contributed by atoms with Crippen molar-refractivity contribution in [2.24, 2.45) is 0 Å². The van der Waals surface area contributed by atoms with Crippen LogP contribution in [0.1, 0.15) is 25.6 Å². The van der Waals surface area contributed by atoms with E-state index in [-0.39, 0.29) is 12.4 Å². The van der Waals surface area contributed by atoms with Crippen molar-refractivity contribution in [2.75, 3.05) is 6.61 Å². The highest BCUT2D eigenvalue weighted by molar-refractivity contribution is 7.99. The van der Waals surface area contributed by atoms with Crippen molar-refractivity contribution in [3.63, 3.8) is 0 Å². The molecule has 0 spiro atoms. The number of hydrogen-bond acceptors (Lipinski definition) is 6. The Balaban J connectivity index is 1.75. The molecule has 4 nitrogen and oxygen atoms in total. The van der Waals surface area contributed by atoms with Gasteiger partial charge in [0.15, 0.2) is 6.61 Å². The number of rotatable bonds is 6. The first kappa shape index (κ1) is 17.9. The van der Waals surface area contributed by atoms with Crippen LogP contribution in [0.15, 0.2) is 75.8 Å². The quantitative estimate of drug-likeness (QED) is 0.454. The zero-order chi connectivity index (χ0) is 18.4. The Bertz CT molecular complexity index is 975. The molecular formula is C20H13NO3S2. The number of hydrogen-bond donors (Lipinski definition) is 0. The van der Waals surface area contributed by atoms with Gasteiger partial charge < -0.3 is 4.74 Å². The lowest BCUT2D eigenvalue weighted by Gasteiger charge is -2.09. The van der Waals surface area contributed by atoms with Gasteiger partial charge in [0.25, 0.3) is 0 Å². The number of ketones is 1. The molecule has 1 aromatic heterocycles. The molecule has 26 heavy (non-hydrogen) atoms. The second-order valence-electron chi connectivity index (χ2n) is 5.18. The maximum Gasteiger partial charge on any atom is 0.339 e. The predicted octanol–water partition coefficient (Wildman–Crippen LogP) is 4.81. The number of ether oxygens (including phenoxy) is 1. The molecule has 0 fully saturated rings. The Morgan fingerprint density at radius 3 is 2.46 bits per heavy atom. The highest BCUT2D eigenvalue weighted by Gasteiger charge is 2.17. The summed E-state index contributed by atoms with van der Waals surface area (Å²) in [6.45, 7) is -0.298. The Hall–Kier alpha value is -2.88. The Morgan fingerprint density at radius 2 is 1.73 bits per heavy atom. The number of nitriles is 1. The first-order chi connectivity index (χ1) is 12.7. The smallest absolute Gasteiger partial charge is 0.339 e.